The van der Waals surface area contributed by atoms with Crippen molar-refractivity contribution in [2.45, 2.75) is 26.1 Å². The Hall–Kier alpha value is -3.28. The Morgan fingerprint density at radius 3 is 1.94 bits per heavy atom. The van der Waals surface area contributed by atoms with Crippen LogP contribution >= 0.6 is 0 Å². The second-order valence-corrected chi connectivity index (χ2v) is 7.94. The molecule has 1 saturated carbocycles. The fourth-order valence-electron chi connectivity index (χ4n) is 3.73. The number of aliphatic hydroxyl groups excluding tert-OH is 1. The lowest BCUT2D eigenvalue weighted by atomic mass is 10.00. The average molecular weight is 415 g/mol. The van der Waals surface area contributed by atoms with E-state index in [9.17, 15) is 19.8 Å². The minimum Gasteiger partial charge on any atom is -0.368 e. The molecule has 0 radical (unpaired) electrons. The van der Waals surface area contributed by atoms with Gasteiger partial charge in [0.2, 0.25) is 0 Å². The van der Waals surface area contributed by atoms with Gasteiger partial charge in [0, 0.05) is 28.7 Å². The second-order valence-electron chi connectivity index (χ2n) is 7.94. The maximum absolute atomic E-state index is 12.4. The quantitative estimate of drug-likeness (QED) is 0.397. The van der Waals surface area contributed by atoms with E-state index in [1.807, 2.05) is 60.7 Å². The number of benzene rings is 3. The summed E-state index contributed by atoms with van der Waals surface area (Å²) in [6.07, 6.45) is 0.0301. The summed E-state index contributed by atoms with van der Waals surface area (Å²) in [5.41, 5.74) is 5.03. The molecule has 0 heterocycles. The van der Waals surface area contributed by atoms with E-state index in [0.717, 1.165) is 17.5 Å². The molecule has 1 amide bonds. The Morgan fingerprint density at radius 1 is 0.871 bits per heavy atom. The van der Waals surface area contributed by atoms with Crippen molar-refractivity contribution in [3.8, 4) is 11.1 Å². The number of carbonyl (C=O) groups excluding carboxylic acids is 2. The van der Waals surface area contributed by atoms with Gasteiger partial charge in [-0.15, -0.1) is 0 Å². The van der Waals surface area contributed by atoms with Crippen LogP contribution in [0.3, 0.4) is 0 Å². The summed E-state index contributed by atoms with van der Waals surface area (Å²) in [6.45, 7) is 2.08. The highest BCUT2D eigenvalue weighted by Gasteiger charge is 2.47. The Kier molecular flexibility index (Phi) is 5.98. The van der Waals surface area contributed by atoms with E-state index in [1.165, 1.54) is 5.56 Å². The second kappa shape index (κ2) is 8.84. The van der Waals surface area contributed by atoms with Gasteiger partial charge in [-0.05, 0) is 53.8 Å². The van der Waals surface area contributed by atoms with Gasteiger partial charge in [0.15, 0.2) is 12.1 Å². The number of amides is 1. The summed E-state index contributed by atoms with van der Waals surface area (Å²) in [4.78, 5) is 24.8. The number of hydrogen-bond acceptors (Lipinski definition) is 4. The van der Waals surface area contributed by atoms with Crippen molar-refractivity contribution in [3.05, 3.63) is 89.5 Å². The minimum absolute atomic E-state index is 0.0466. The van der Waals surface area contributed by atoms with Crippen LogP contribution in [0.25, 0.3) is 11.1 Å². The zero-order valence-corrected chi connectivity index (χ0v) is 17.3. The van der Waals surface area contributed by atoms with Crippen LogP contribution in [-0.2, 0) is 6.42 Å². The molecular weight excluding hydrogens is 390 g/mol. The number of Topliss-reactive ketones (excluding diaryl/α,β-unsaturated/α-hetero) is 1. The van der Waals surface area contributed by atoms with E-state index in [1.54, 1.807) is 12.1 Å². The normalized spacial score (nSPS) is 17.4. The lowest BCUT2D eigenvalue weighted by molar-refractivity contribution is -0.0591. The molecule has 1 fully saturated rings. The van der Waals surface area contributed by atoms with E-state index < -0.39 is 6.29 Å². The maximum atomic E-state index is 12.4. The van der Waals surface area contributed by atoms with Gasteiger partial charge in [0.25, 0.3) is 5.91 Å². The SMILES string of the molecule is CCc1ccc(C(=O)Nc2ccc(-c3ccc(C(=O)[C@@H]4C[C@H]4C(O)O)cc3)cc2)cc1. The van der Waals surface area contributed by atoms with Gasteiger partial charge in [0.05, 0.1) is 0 Å². The third kappa shape index (κ3) is 4.74. The number of anilines is 1. The van der Waals surface area contributed by atoms with Crippen LogP contribution in [0.4, 0.5) is 5.69 Å². The summed E-state index contributed by atoms with van der Waals surface area (Å²) >= 11 is 0. The molecule has 0 saturated heterocycles. The Balaban J connectivity index is 1.39. The Morgan fingerprint density at radius 2 is 1.42 bits per heavy atom. The van der Waals surface area contributed by atoms with Crippen molar-refractivity contribution < 1.29 is 19.8 Å². The number of hydrogen-bond donors (Lipinski definition) is 3. The predicted molar refractivity (Wildman–Crippen MR) is 120 cm³/mol. The first kappa shape index (κ1) is 21.0. The van der Waals surface area contributed by atoms with Gasteiger partial charge in [-0.1, -0.05) is 55.5 Å². The molecule has 5 heteroatoms. The van der Waals surface area contributed by atoms with E-state index in [0.29, 0.717) is 23.2 Å². The van der Waals surface area contributed by atoms with Crippen molar-refractivity contribution in [2.75, 3.05) is 5.32 Å². The first-order chi connectivity index (χ1) is 15.0. The molecule has 0 unspecified atom stereocenters. The van der Waals surface area contributed by atoms with Crippen LogP contribution in [0.5, 0.6) is 0 Å². The van der Waals surface area contributed by atoms with Crippen LogP contribution < -0.4 is 5.32 Å². The lowest BCUT2D eigenvalue weighted by Gasteiger charge is -2.08. The number of nitrogens with one attached hydrogen (secondary N) is 1. The zero-order valence-electron chi connectivity index (χ0n) is 17.3. The smallest absolute Gasteiger partial charge is 0.255 e. The number of ketones is 1. The van der Waals surface area contributed by atoms with Gasteiger partial charge in [0.1, 0.15) is 0 Å². The van der Waals surface area contributed by atoms with Crippen molar-refractivity contribution in [1.29, 1.82) is 0 Å². The molecule has 3 aromatic rings. The molecule has 5 nitrogen and oxygen atoms in total. The number of rotatable bonds is 7. The van der Waals surface area contributed by atoms with E-state index in [4.69, 9.17) is 0 Å². The highest BCUT2D eigenvalue weighted by Crippen LogP contribution is 2.42. The summed E-state index contributed by atoms with van der Waals surface area (Å²) in [7, 11) is 0. The molecule has 4 rings (SSSR count). The number of aryl methyl sites for hydroxylation is 1. The minimum atomic E-state index is -1.43. The largest absolute Gasteiger partial charge is 0.368 e. The van der Waals surface area contributed by atoms with Gasteiger partial charge in [-0.3, -0.25) is 9.59 Å². The first-order valence-electron chi connectivity index (χ1n) is 10.5. The van der Waals surface area contributed by atoms with Crippen LogP contribution in [0, 0.1) is 11.8 Å². The molecule has 3 aromatic carbocycles. The molecule has 0 aliphatic heterocycles. The number of aliphatic hydroxyl groups is 2. The van der Waals surface area contributed by atoms with Crippen molar-refractivity contribution in [2.24, 2.45) is 11.8 Å². The van der Waals surface area contributed by atoms with Gasteiger partial charge in [-0.2, -0.15) is 0 Å². The van der Waals surface area contributed by atoms with Crippen molar-refractivity contribution in [1.82, 2.24) is 0 Å². The third-order valence-corrected chi connectivity index (χ3v) is 5.83. The van der Waals surface area contributed by atoms with E-state index in [2.05, 4.69) is 12.2 Å². The fraction of sp³-hybridized carbons (Fsp3) is 0.231. The summed E-state index contributed by atoms with van der Waals surface area (Å²) in [6, 6.07) is 22.4. The molecule has 0 spiro atoms. The molecule has 1 aliphatic rings. The first-order valence-corrected chi connectivity index (χ1v) is 10.5. The average Bonchev–Trinajstić information content (AvgIpc) is 3.61. The molecular formula is C26H25NO4. The topological polar surface area (TPSA) is 86.6 Å². The zero-order chi connectivity index (χ0) is 22.0. The third-order valence-electron chi connectivity index (χ3n) is 5.83. The van der Waals surface area contributed by atoms with Crippen molar-refractivity contribution in [3.63, 3.8) is 0 Å². The van der Waals surface area contributed by atoms with Crippen LogP contribution in [0.2, 0.25) is 0 Å². The molecule has 2 atom stereocenters. The van der Waals surface area contributed by atoms with Gasteiger partial charge < -0.3 is 15.5 Å². The summed E-state index contributed by atoms with van der Waals surface area (Å²) in [5, 5.41) is 21.3. The van der Waals surface area contributed by atoms with Crippen LogP contribution in [0.15, 0.2) is 72.8 Å². The lowest BCUT2D eigenvalue weighted by Crippen LogP contribution is -2.12. The molecule has 158 valence electrons. The predicted octanol–water partition coefficient (Wildman–Crippen LogP) is 4.30. The summed E-state index contributed by atoms with van der Waals surface area (Å²) < 4.78 is 0. The van der Waals surface area contributed by atoms with Crippen LogP contribution in [-0.4, -0.2) is 28.2 Å². The Labute approximate surface area is 181 Å². The number of carbonyl (C=O) groups is 2. The van der Waals surface area contributed by atoms with Crippen molar-refractivity contribution >= 4 is 17.4 Å². The highest BCUT2D eigenvalue weighted by molar-refractivity contribution is 6.04. The standard InChI is InChI=1S/C26H25NO4/c1-2-16-3-5-20(6-4-16)25(29)27-21-13-11-18(12-14-21)17-7-9-19(10-8-17)24(28)22-15-23(22)26(30)31/h3-14,22-23,26,30-31H,2,15H2,1H3,(H,27,29)/t22-,23-/m1/s1. The maximum Gasteiger partial charge on any atom is 0.255 e. The van der Waals surface area contributed by atoms with E-state index >= 15 is 0 Å². The highest BCUT2D eigenvalue weighted by atomic mass is 16.5. The van der Waals surface area contributed by atoms with Crippen LogP contribution in [0.1, 0.15) is 39.6 Å². The van der Waals surface area contributed by atoms with Gasteiger partial charge in [-0.25, -0.2) is 0 Å². The monoisotopic (exact) mass is 415 g/mol. The molecule has 31 heavy (non-hydrogen) atoms. The van der Waals surface area contributed by atoms with Gasteiger partial charge >= 0.3 is 0 Å². The molecule has 1 aliphatic carbocycles. The fourth-order valence-corrected chi connectivity index (χ4v) is 3.73. The molecule has 0 aromatic heterocycles. The Bertz CT molecular complexity index is 1070. The summed E-state index contributed by atoms with van der Waals surface area (Å²) in [5.74, 6) is -0.842. The molecule has 3 N–H and O–H groups in total. The van der Waals surface area contributed by atoms with E-state index in [-0.39, 0.29) is 23.5 Å². The molecule has 0 bridgehead atoms.